The van der Waals surface area contributed by atoms with Gasteiger partial charge in [-0.15, -0.1) is 0 Å². The summed E-state index contributed by atoms with van der Waals surface area (Å²) in [4.78, 5) is 17.4. The normalized spacial score (nSPS) is 14.9. The van der Waals surface area contributed by atoms with E-state index in [4.69, 9.17) is 0 Å². The molecule has 1 aromatic heterocycles. The molecular formula is C13H24N6. The minimum absolute atomic E-state index is 0.650. The van der Waals surface area contributed by atoms with Crippen LogP contribution in [0.3, 0.4) is 0 Å². The van der Waals surface area contributed by atoms with Crippen LogP contribution < -0.4 is 15.1 Å². The predicted octanol–water partition coefficient (Wildman–Crippen LogP) is 1.61. The van der Waals surface area contributed by atoms with E-state index in [1.165, 1.54) is 19.3 Å². The molecule has 0 spiro atoms. The van der Waals surface area contributed by atoms with Crippen LogP contribution in [-0.4, -0.2) is 49.2 Å². The second kappa shape index (κ2) is 6.04. The number of hydrogen-bond donors (Lipinski definition) is 1. The lowest BCUT2D eigenvalue weighted by atomic mass is 9.85. The van der Waals surface area contributed by atoms with Crippen LogP contribution in [0.1, 0.15) is 26.2 Å². The van der Waals surface area contributed by atoms with Gasteiger partial charge in [0.05, 0.1) is 0 Å². The Balaban J connectivity index is 2.16. The minimum Gasteiger partial charge on any atom is -0.354 e. The van der Waals surface area contributed by atoms with Crippen LogP contribution in [0.5, 0.6) is 0 Å². The zero-order valence-corrected chi connectivity index (χ0v) is 12.3. The van der Waals surface area contributed by atoms with Gasteiger partial charge in [0.2, 0.25) is 17.8 Å². The number of aromatic nitrogens is 3. The van der Waals surface area contributed by atoms with Gasteiger partial charge < -0.3 is 15.1 Å². The second-order valence-electron chi connectivity index (χ2n) is 5.36. The molecule has 0 amide bonds. The van der Waals surface area contributed by atoms with E-state index in [0.29, 0.717) is 11.9 Å². The lowest BCUT2D eigenvalue weighted by molar-refractivity contribution is 0.320. The zero-order valence-electron chi connectivity index (χ0n) is 12.3. The maximum atomic E-state index is 4.52. The molecule has 1 aromatic rings. The number of nitrogens with zero attached hydrogens (tertiary/aromatic N) is 5. The lowest BCUT2D eigenvalue weighted by Crippen LogP contribution is -2.31. The maximum Gasteiger partial charge on any atom is 0.231 e. The molecular weight excluding hydrogens is 240 g/mol. The molecule has 0 unspecified atom stereocenters. The van der Waals surface area contributed by atoms with Crippen LogP contribution in [0.2, 0.25) is 0 Å². The molecule has 1 aliphatic carbocycles. The van der Waals surface area contributed by atoms with Crippen molar-refractivity contribution in [3.8, 4) is 0 Å². The number of nitrogens with one attached hydrogen (secondary N) is 1. The molecule has 6 nitrogen and oxygen atoms in total. The van der Waals surface area contributed by atoms with E-state index in [0.717, 1.165) is 25.0 Å². The van der Waals surface area contributed by atoms with E-state index < -0.39 is 0 Å². The number of anilines is 3. The molecule has 2 rings (SSSR count). The molecule has 1 N–H and O–H groups in total. The summed E-state index contributed by atoms with van der Waals surface area (Å²) in [6.07, 6.45) is 4.02. The van der Waals surface area contributed by atoms with E-state index in [-0.39, 0.29) is 0 Å². The highest BCUT2D eigenvalue weighted by Crippen LogP contribution is 2.28. The Kier molecular flexibility index (Phi) is 4.39. The van der Waals surface area contributed by atoms with Gasteiger partial charge in [0.1, 0.15) is 0 Å². The Morgan fingerprint density at radius 2 is 1.79 bits per heavy atom. The fraction of sp³-hybridized carbons (Fsp3) is 0.769. The highest BCUT2D eigenvalue weighted by Gasteiger charge is 2.21. The van der Waals surface area contributed by atoms with Gasteiger partial charge in [-0.1, -0.05) is 6.42 Å². The Morgan fingerprint density at radius 1 is 1.11 bits per heavy atom. The van der Waals surface area contributed by atoms with Crippen molar-refractivity contribution in [3.05, 3.63) is 0 Å². The zero-order chi connectivity index (χ0) is 13.8. The van der Waals surface area contributed by atoms with Gasteiger partial charge >= 0.3 is 0 Å². The third-order valence-electron chi connectivity index (χ3n) is 3.44. The van der Waals surface area contributed by atoms with Crippen molar-refractivity contribution < 1.29 is 0 Å². The van der Waals surface area contributed by atoms with E-state index in [9.17, 15) is 0 Å². The summed E-state index contributed by atoms with van der Waals surface area (Å²) in [5, 5.41) is 3.16. The Bertz CT molecular complexity index is 416. The smallest absolute Gasteiger partial charge is 0.231 e. The van der Waals surface area contributed by atoms with Gasteiger partial charge in [-0.05, 0) is 25.7 Å². The molecule has 19 heavy (non-hydrogen) atoms. The quantitative estimate of drug-likeness (QED) is 0.842. The Labute approximate surface area is 115 Å². The van der Waals surface area contributed by atoms with Crippen LogP contribution in [0.25, 0.3) is 0 Å². The first kappa shape index (κ1) is 13.8. The van der Waals surface area contributed by atoms with Crippen molar-refractivity contribution in [3.63, 3.8) is 0 Å². The maximum absolute atomic E-state index is 4.52. The lowest BCUT2D eigenvalue weighted by Gasteiger charge is -2.30. The summed E-state index contributed by atoms with van der Waals surface area (Å²) < 4.78 is 0. The summed E-state index contributed by atoms with van der Waals surface area (Å²) in [5.41, 5.74) is 0. The van der Waals surface area contributed by atoms with Crippen molar-refractivity contribution in [1.29, 1.82) is 0 Å². The highest BCUT2D eigenvalue weighted by atomic mass is 15.3. The van der Waals surface area contributed by atoms with Crippen LogP contribution in [-0.2, 0) is 0 Å². The fourth-order valence-corrected chi connectivity index (χ4v) is 2.11. The van der Waals surface area contributed by atoms with Gasteiger partial charge in [0.25, 0.3) is 0 Å². The first-order valence-corrected chi connectivity index (χ1v) is 6.98. The molecule has 0 aromatic carbocycles. The van der Waals surface area contributed by atoms with Gasteiger partial charge in [-0.25, -0.2) is 0 Å². The van der Waals surface area contributed by atoms with Gasteiger partial charge in [-0.2, -0.15) is 15.0 Å². The topological polar surface area (TPSA) is 57.2 Å². The molecule has 6 heteroatoms. The third kappa shape index (κ3) is 3.45. The SMILES string of the molecule is CCNc1nc(N(C)C)nc(N(C)CC2CCC2)n1. The molecule has 1 aliphatic rings. The second-order valence-corrected chi connectivity index (χ2v) is 5.36. The van der Waals surface area contributed by atoms with Crippen molar-refractivity contribution in [1.82, 2.24) is 15.0 Å². The molecule has 0 aliphatic heterocycles. The summed E-state index contributed by atoms with van der Waals surface area (Å²) in [6, 6.07) is 0. The van der Waals surface area contributed by atoms with Gasteiger partial charge in [-0.3, -0.25) is 0 Å². The number of rotatable bonds is 6. The van der Waals surface area contributed by atoms with Crippen LogP contribution in [0.4, 0.5) is 17.8 Å². The molecule has 0 radical (unpaired) electrons. The third-order valence-corrected chi connectivity index (χ3v) is 3.44. The molecule has 1 saturated carbocycles. The average Bonchev–Trinajstić information content (AvgIpc) is 2.33. The van der Waals surface area contributed by atoms with E-state index in [1.54, 1.807) is 0 Å². The Hall–Kier alpha value is -1.59. The molecule has 1 fully saturated rings. The first-order valence-electron chi connectivity index (χ1n) is 6.98. The summed E-state index contributed by atoms with van der Waals surface area (Å²) in [6.45, 7) is 3.88. The summed E-state index contributed by atoms with van der Waals surface area (Å²) in [5.74, 6) is 2.90. The van der Waals surface area contributed by atoms with E-state index >= 15 is 0 Å². The highest BCUT2D eigenvalue weighted by molar-refractivity contribution is 5.44. The minimum atomic E-state index is 0.650. The average molecular weight is 264 g/mol. The molecule has 106 valence electrons. The molecule has 1 heterocycles. The van der Waals surface area contributed by atoms with E-state index in [2.05, 4.69) is 32.2 Å². The van der Waals surface area contributed by atoms with Gasteiger partial charge in [0.15, 0.2) is 0 Å². The van der Waals surface area contributed by atoms with Crippen LogP contribution in [0.15, 0.2) is 0 Å². The van der Waals surface area contributed by atoms with Crippen molar-refractivity contribution in [2.75, 3.05) is 49.3 Å². The van der Waals surface area contributed by atoms with E-state index in [1.807, 2.05) is 25.9 Å². The van der Waals surface area contributed by atoms with Crippen LogP contribution in [0, 0.1) is 5.92 Å². The molecule has 0 bridgehead atoms. The molecule has 0 atom stereocenters. The summed E-state index contributed by atoms with van der Waals surface area (Å²) >= 11 is 0. The first-order chi connectivity index (χ1) is 9.10. The largest absolute Gasteiger partial charge is 0.354 e. The van der Waals surface area contributed by atoms with Crippen molar-refractivity contribution >= 4 is 17.8 Å². The monoisotopic (exact) mass is 264 g/mol. The fourth-order valence-electron chi connectivity index (χ4n) is 2.11. The summed E-state index contributed by atoms with van der Waals surface area (Å²) in [7, 11) is 5.95. The number of hydrogen-bond acceptors (Lipinski definition) is 6. The van der Waals surface area contributed by atoms with Crippen LogP contribution >= 0.6 is 0 Å². The standard InChI is InChI=1S/C13H24N6/c1-5-14-11-15-12(18(2)3)17-13(16-11)19(4)9-10-7-6-8-10/h10H,5-9H2,1-4H3,(H,14,15,16,17). The molecule has 0 saturated heterocycles. The van der Waals surface area contributed by atoms with Gasteiger partial charge in [0, 0.05) is 34.2 Å². The Morgan fingerprint density at radius 3 is 2.32 bits per heavy atom. The van der Waals surface area contributed by atoms with Crippen molar-refractivity contribution in [2.24, 2.45) is 5.92 Å². The predicted molar refractivity (Wildman–Crippen MR) is 78.9 cm³/mol. The van der Waals surface area contributed by atoms with Crippen molar-refractivity contribution in [2.45, 2.75) is 26.2 Å².